The maximum absolute atomic E-state index is 3.52. The summed E-state index contributed by atoms with van der Waals surface area (Å²) in [4.78, 5) is 0. The van der Waals surface area contributed by atoms with Crippen LogP contribution in [-0.4, -0.2) is 41.1 Å². The molecule has 1 saturated carbocycles. The van der Waals surface area contributed by atoms with Gasteiger partial charge in [-0.1, -0.05) is 0 Å². The van der Waals surface area contributed by atoms with E-state index in [0.717, 1.165) is 18.5 Å². The molecule has 1 unspecified atom stereocenters. The molecule has 2 N–H and O–H groups in total. The fraction of sp³-hybridized carbons (Fsp3) is 0.700. The van der Waals surface area contributed by atoms with Crippen LogP contribution in [0.3, 0.4) is 0 Å². The molecule has 0 radical (unpaired) electrons. The average Bonchev–Trinajstić information content (AvgIpc) is 3.17. The zero-order chi connectivity index (χ0) is 10.3. The second-order valence-electron chi connectivity index (χ2n) is 3.91. The lowest BCUT2D eigenvalue weighted by molar-refractivity contribution is 0.385. The van der Waals surface area contributed by atoms with Crippen molar-refractivity contribution in [3.63, 3.8) is 0 Å². The van der Waals surface area contributed by atoms with Gasteiger partial charge in [-0.15, -0.1) is 10.2 Å². The zero-order valence-electron chi connectivity index (χ0n) is 8.76. The van der Waals surface area contributed by atoms with E-state index in [-0.39, 0.29) is 0 Å². The first-order chi connectivity index (χ1) is 7.47. The van der Waals surface area contributed by atoms with Crippen LogP contribution in [0.15, 0.2) is 18.5 Å². The lowest BCUT2D eigenvalue weighted by Crippen LogP contribution is -2.49. The third-order valence-corrected chi connectivity index (χ3v) is 2.67. The maximum atomic E-state index is 3.52. The van der Waals surface area contributed by atoms with Gasteiger partial charge < -0.3 is 10.6 Å². The Morgan fingerprint density at radius 1 is 1.07 bits per heavy atom. The van der Waals surface area contributed by atoms with Gasteiger partial charge in [0.1, 0.15) is 0 Å². The Morgan fingerprint density at radius 2 is 1.87 bits per heavy atom. The Morgan fingerprint density at radius 3 is 2.27 bits per heavy atom. The molecule has 82 valence electrons. The minimum absolute atomic E-state index is 0.804. The number of piperazine rings is 1. The molecule has 15 heavy (non-hydrogen) atoms. The van der Waals surface area contributed by atoms with Gasteiger partial charge in [0.15, 0.2) is 0 Å². The lowest BCUT2D eigenvalue weighted by atomic mass is 10.1. The van der Waals surface area contributed by atoms with Gasteiger partial charge in [0.25, 0.3) is 0 Å². The molecule has 3 rings (SSSR count). The molecular weight excluding hydrogens is 190 g/mol. The molecule has 0 amide bonds. The van der Waals surface area contributed by atoms with Crippen LogP contribution in [0.25, 0.3) is 0 Å². The van der Waals surface area contributed by atoms with Crippen LogP contribution in [0.2, 0.25) is 0 Å². The summed E-state index contributed by atoms with van der Waals surface area (Å²) >= 11 is 0. The maximum Gasteiger partial charge on any atom is 0.0529 e. The van der Waals surface area contributed by atoms with Crippen molar-refractivity contribution in [3.8, 4) is 0 Å². The number of nitrogens with zero attached hydrogens (tertiary/aromatic N) is 3. The molecule has 1 aliphatic carbocycles. The molecule has 5 heteroatoms. The number of rotatable bonds is 1. The highest BCUT2D eigenvalue weighted by Crippen LogP contribution is 2.32. The Hall–Kier alpha value is -1.07. The quantitative estimate of drug-likeness (QED) is 0.669. The molecule has 1 aliphatic heterocycles. The lowest BCUT2D eigenvalue weighted by Gasteiger charge is -2.23. The standard InChI is InChI=1S/C7H14N2.C3H3N3/c1-2-6(1)7-5-8-3-4-9-7;1-2-4-6-5-3-1/h6-9H,1-5H2;1-3H. The summed E-state index contributed by atoms with van der Waals surface area (Å²) in [5.41, 5.74) is 0. The number of hydrogen-bond donors (Lipinski definition) is 2. The van der Waals surface area contributed by atoms with Crippen molar-refractivity contribution in [1.82, 2.24) is 26.0 Å². The van der Waals surface area contributed by atoms with Crippen LogP contribution in [-0.2, 0) is 0 Å². The van der Waals surface area contributed by atoms with Gasteiger partial charge in [-0.2, -0.15) is 0 Å². The highest BCUT2D eigenvalue weighted by atomic mass is 15.3. The minimum Gasteiger partial charge on any atom is -0.314 e. The molecule has 5 nitrogen and oxygen atoms in total. The van der Waals surface area contributed by atoms with Crippen molar-refractivity contribution in [2.75, 3.05) is 19.6 Å². The Bertz CT molecular complexity index is 229. The van der Waals surface area contributed by atoms with Gasteiger partial charge in [-0.25, -0.2) is 0 Å². The van der Waals surface area contributed by atoms with Crippen LogP contribution in [0.1, 0.15) is 12.8 Å². The fourth-order valence-electron chi connectivity index (χ4n) is 1.71. The smallest absolute Gasteiger partial charge is 0.0529 e. The third-order valence-electron chi connectivity index (χ3n) is 2.67. The third kappa shape index (κ3) is 3.89. The summed E-state index contributed by atoms with van der Waals surface area (Å²) in [6, 6.07) is 2.52. The summed E-state index contributed by atoms with van der Waals surface area (Å²) in [6.07, 6.45) is 6.07. The van der Waals surface area contributed by atoms with E-state index >= 15 is 0 Å². The van der Waals surface area contributed by atoms with Crippen molar-refractivity contribution in [1.29, 1.82) is 0 Å². The predicted octanol–water partition coefficient (Wildman–Crippen LogP) is -0.171. The molecule has 0 bridgehead atoms. The average molecular weight is 207 g/mol. The summed E-state index contributed by atoms with van der Waals surface area (Å²) in [5.74, 6) is 1.01. The topological polar surface area (TPSA) is 62.7 Å². The van der Waals surface area contributed by atoms with Crippen molar-refractivity contribution in [2.45, 2.75) is 18.9 Å². The van der Waals surface area contributed by atoms with E-state index in [4.69, 9.17) is 0 Å². The van der Waals surface area contributed by atoms with Crippen molar-refractivity contribution < 1.29 is 0 Å². The summed E-state index contributed by atoms with van der Waals surface area (Å²) in [7, 11) is 0. The van der Waals surface area contributed by atoms with Gasteiger partial charge in [0, 0.05) is 25.7 Å². The SMILES string of the molecule is C1CNC(C2CC2)CN1.c1cnnnc1. The van der Waals surface area contributed by atoms with E-state index in [9.17, 15) is 0 Å². The van der Waals surface area contributed by atoms with E-state index in [1.807, 2.05) is 0 Å². The zero-order valence-corrected chi connectivity index (χ0v) is 8.76. The molecule has 1 saturated heterocycles. The van der Waals surface area contributed by atoms with Crippen LogP contribution < -0.4 is 10.6 Å². The molecule has 1 aromatic heterocycles. The van der Waals surface area contributed by atoms with E-state index < -0.39 is 0 Å². The second-order valence-corrected chi connectivity index (χ2v) is 3.91. The van der Waals surface area contributed by atoms with Crippen LogP contribution in [0.4, 0.5) is 0 Å². The van der Waals surface area contributed by atoms with Crippen molar-refractivity contribution >= 4 is 0 Å². The first-order valence-electron chi connectivity index (χ1n) is 5.49. The monoisotopic (exact) mass is 207 g/mol. The van der Waals surface area contributed by atoms with Gasteiger partial charge in [0.2, 0.25) is 0 Å². The van der Waals surface area contributed by atoms with Gasteiger partial charge >= 0.3 is 0 Å². The molecule has 1 aromatic rings. The van der Waals surface area contributed by atoms with Crippen molar-refractivity contribution in [3.05, 3.63) is 18.5 Å². The highest BCUT2D eigenvalue weighted by Gasteiger charge is 2.31. The molecule has 0 spiro atoms. The van der Waals surface area contributed by atoms with E-state index in [0.29, 0.717) is 0 Å². The summed E-state index contributed by atoms with van der Waals surface area (Å²) < 4.78 is 0. The Labute approximate surface area is 89.7 Å². The Balaban J connectivity index is 0.000000124. The molecule has 2 heterocycles. The Kier molecular flexibility index (Phi) is 3.99. The van der Waals surface area contributed by atoms with E-state index in [1.54, 1.807) is 18.5 Å². The van der Waals surface area contributed by atoms with Crippen LogP contribution in [0.5, 0.6) is 0 Å². The fourth-order valence-corrected chi connectivity index (χ4v) is 1.71. The number of nitrogens with one attached hydrogen (secondary N) is 2. The highest BCUT2D eigenvalue weighted by molar-refractivity contribution is 4.89. The second kappa shape index (κ2) is 5.72. The normalized spacial score (nSPS) is 25.2. The molecular formula is C10H17N5. The van der Waals surface area contributed by atoms with Crippen molar-refractivity contribution in [2.24, 2.45) is 5.92 Å². The van der Waals surface area contributed by atoms with Crippen LogP contribution >= 0.6 is 0 Å². The molecule has 1 atom stereocenters. The van der Waals surface area contributed by atoms with Crippen LogP contribution in [0, 0.1) is 5.92 Å². The predicted molar refractivity (Wildman–Crippen MR) is 57.2 cm³/mol. The molecule has 0 aromatic carbocycles. The van der Waals surface area contributed by atoms with E-state index in [2.05, 4.69) is 26.0 Å². The first kappa shape index (κ1) is 10.4. The molecule has 2 aliphatic rings. The number of aromatic nitrogens is 3. The first-order valence-corrected chi connectivity index (χ1v) is 5.49. The largest absolute Gasteiger partial charge is 0.314 e. The summed E-state index contributed by atoms with van der Waals surface area (Å²) in [6.45, 7) is 3.52. The van der Waals surface area contributed by atoms with Gasteiger partial charge in [-0.3, -0.25) is 0 Å². The van der Waals surface area contributed by atoms with Gasteiger partial charge in [0.05, 0.1) is 12.4 Å². The summed E-state index contributed by atoms with van der Waals surface area (Å²) in [5, 5.41) is 17.0. The minimum atomic E-state index is 0.804. The van der Waals surface area contributed by atoms with Gasteiger partial charge in [-0.05, 0) is 30.0 Å². The van der Waals surface area contributed by atoms with E-state index in [1.165, 1.54) is 25.9 Å². The number of hydrogen-bond acceptors (Lipinski definition) is 5. The molecule has 2 fully saturated rings.